The standard InChI is InChI=1S/C12H16N2O3/c1-16-10-2-8-5-14(6-9(8)3-10)12(15)11-4-13-7-17-11/h4,7-10H,2-3,5-6H2,1H3/t8-,9+,10?. The maximum absolute atomic E-state index is 12.1. The van der Waals surface area contributed by atoms with E-state index in [9.17, 15) is 4.79 Å². The van der Waals surface area contributed by atoms with E-state index in [-0.39, 0.29) is 5.91 Å². The van der Waals surface area contributed by atoms with Crippen LogP contribution in [0.15, 0.2) is 17.0 Å². The maximum Gasteiger partial charge on any atom is 0.291 e. The van der Waals surface area contributed by atoms with E-state index < -0.39 is 0 Å². The van der Waals surface area contributed by atoms with Crippen LogP contribution < -0.4 is 0 Å². The predicted octanol–water partition coefficient (Wildman–Crippen LogP) is 1.17. The fourth-order valence-electron chi connectivity index (χ4n) is 3.08. The first-order valence-electron chi connectivity index (χ1n) is 5.98. The van der Waals surface area contributed by atoms with Crippen LogP contribution in [0, 0.1) is 11.8 Å². The molecule has 1 aliphatic heterocycles. The molecule has 3 rings (SSSR count). The second-order valence-electron chi connectivity index (χ2n) is 4.93. The van der Waals surface area contributed by atoms with Crippen molar-refractivity contribution in [2.75, 3.05) is 20.2 Å². The summed E-state index contributed by atoms with van der Waals surface area (Å²) in [6.45, 7) is 1.65. The molecule has 1 aromatic heterocycles. The molecule has 1 saturated heterocycles. The van der Waals surface area contributed by atoms with E-state index in [0.717, 1.165) is 25.9 Å². The summed E-state index contributed by atoms with van der Waals surface area (Å²) in [5.41, 5.74) is 0. The number of hydrogen-bond donors (Lipinski definition) is 0. The van der Waals surface area contributed by atoms with Crippen LogP contribution in [-0.4, -0.2) is 42.1 Å². The Balaban J connectivity index is 1.65. The maximum atomic E-state index is 12.1. The van der Waals surface area contributed by atoms with Crippen molar-refractivity contribution in [3.05, 3.63) is 18.4 Å². The molecule has 0 radical (unpaired) electrons. The van der Waals surface area contributed by atoms with Crippen molar-refractivity contribution in [3.8, 4) is 0 Å². The second-order valence-corrected chi connectivity index (χ2v) is 4.93. The lowest BCUT2D eigenvalue weighted by Crippen LogP contribution is -2.30. The largest absolute Gasteiger partial charge is 0.438 e. The van der Waals surface area contributed by atoms with Crippen molar-refractivity contribution in [3.63, 3.8) is 0 Å². The number of ether oxygens (including phenoxy) is 1. The number of aromatic nitrogens is 1. The minimum atomic E-state index is -0.0362. The molecule has 0 aromatic carbocycles. The molecule has 1 aromatic rings. The van der Waals surface area contributed by atoms with Gasteiger partial charge in [0.15, 0.2) is 6.39 Å². The molecule has 5 nitrogen and oxygen atoms in total. The van der Waals surface area contributed by atoms with E-state index in [2.05, 4.69) is 4.98 Å². The summed E-state index contributed by atoms with van der Waals surface area (Å²) in [4.78, 5) is 17.7. The highest BCUT2D eigenvalue weighted by Gasteiger charge is 2.42. The molecule has 92 valence electrons. The number of amides is 1. The van der Waals surface area contributed by atoms with Crippen LogP contribution in [0.1, 0.15) is 23.4 Å². The van der Waals surface area contributed by atoms with Gasteiger partial charge in [-0.3, -0.25) is 4.79 Å². The molecular formula is C12H16N2O3. The zero-order valence-corrected chi connectivity index (χ0v) is 9.83. The minimum Gasteiger partial charge on any atom is -0.438 e. The number of fused-ring (bicyclic) bond motifs is 1. The van der Waals surface area contributed by atoms with Crippen molar-refractivity contribution >= 4 is 5.91 Å². The summed E-state index contributed by atoms with van der Waals surface area (Å²) in [6.07, 6.45) is 5.30. The van der Waals surface area contributed by atoms with Crippen molar-refractivity contribution in [2.24, 2.45) is 11.8 Å². The molecule has 0 spiro atoms. The summed E-state index contributed by atoms with van der Waals surface area (Å²) >= 11 is 0. The molecule has 17 heavy (non-hydrogen) atoms. The molecule has 2 aliphatic rings. The fraction of sp³-hybridized carbons (Fsp3) is 0.667. The number of nitrogens with zero attached hydrogens (tertiary/aromatic N) is 2. The van der Waals surface area contributed by atoms with Gasteiger partial charge >= 0.3 is 0 Å². The Hall–Kier alpha value is -1.36. The topological polar surface area (TPSA) is 55.6 Å². The molecule has 1 saturated carbocycles. The SMILES string of the molecule is COC1C[C@@H]2CN(C(=O)c3cnco3)C[C@@H]2C1. The van der Waals surface area contributed by atoms with Gasteiger partial charge in [-0.05, 0) is 24.7 Å². The van der Waals surface area contributed by atoms with Crippen LogP contribution in [0.5, 0.6) is 0 Å². The van der Waals surface area contributed by atoms with Gasteiger partial charge in [0.05, 0.1) is 12.3 Å². The molecule has 1 aliphatic carbocycles. The summed E-state index contributed by atoms with van der Waals surface area (Å²) in [5, 5.41) is 0. The van der Waals surface area contributed by atoms with E-state index in [1.165, 1.54) is 12.6 Å². The first-order valence-corrected chi connectivity index (χ1v) is 5.98. The lowest BCUT2D eigenvalue weighted by atomic mass is 10.0. The molecule has 1 amide bonds. The Labute approximate surface area is 99.8 Å². The number of likely N-dealkylation sites (tertiary alicyclic amines) is 1. The average molecular weight is 236 g/mol. The van der Waals surface area contributed by atoms with Gasteiger partial charge in [0.25, 0.3) is 5.91 Å². The number of carbonyl (C=O) groups excluding carboxylic acids is 1. The van der Waals surface area contributed by atoms with Gasteiger partial charge in [-0.2, -0.15) is 0 Å². The third-order valence-corrected chi connectivity index (χ3v) is 3.97. The Morgan fingerprint density at radius 1 is 1.47 bits per heavy atom. The lowest BCUT2D eigenvalue weighted by Gasteiger charge is -2.17. The molecule has 2 fully saturated rings. The summed E-state index contributed by atoms with van der Waals surface area (Å²) in [6, 6.07) is 0. The second kappa shape index (κ2) is 4.14. The molecule has 3 atom stereocenters. The van der Waals surface area contributed by atoms with Crippen molar-refractivity contribution in [1.82, 2.24) is 9.88 Å². The van der Waals surface area contributed by atoms with Crippen molar-refractivity contribution in [1.29, 1.82) is 0 Å². The lowest BCUT2D eigenvalue weighted by molar-refractivity contribution is 0.0704. The van der Waals surface area contributed by atoms with Crippen molar-refractivity contribution in [2.45, 2.75) is 18.9 Å². The van der Waals surface area contributed by atoms with Crippen LogP contribution in [-0.2, 0) is 4.74 Å². The molecule has 1 unspecified atom stereocenters. The van der Waals surface area contributed by atoms with Crippen molar-refractivity contribution < 1.29 is 13.9 Å². The van der Waals surface area contributed by atoms with Gasteiger partial charge in [-0.1, -0.05) is 0 Å². The molecule has 5 heteroatoms. The average Bonchev–Trinajstić information content (AvgIpc) is 3.02. The van der Waals surface area contributed by atoms with Gasteiger partial charge in [0.1, 0.15) is 0 Å². The van der Waals surface area contributed by atoms with Gasteiger partial charge in [0.2, 0.25) is 5.76 Å². The third-order valence-electron chi connectivity index (χ3n) is 3.97. The molecule has 2 heterocycles. The summed E-state index contributed by atoms with van der Waals surface area (Å²) in [7, 11) is 1.77. The summed E-state index contributed by atoms with van der Waals surface area (Å²) in [5.74, 6) is 1.48. The Morgan fingerprint density at radius 2 is 2.18 bits per heavy atom. The number of hydrogen-bond acceptors (Lipinski definition) is 4. The highest BCUT2D eigenvalue weighted by atomic mass is 16.5. The molecular weight excluding hydrogens is 220 g/mol. The monoisotopic (exact) mass is 236 g/mol. The Kier molecular flexibility index (Phi) is 2.63. The van der Waals surface area contributed by atoms with Crippen LogP contribution in [0.2, 0.25) is 0 Å². The van der Waals surface area contributed by atoms with E-state index in [0.29, 0.717) is 23.7 Å². The quantitative estimate of drug-likeness (QED) is 0.773. The van der Waals surface area contributed by atoms with Gasteiger partial charge in [0, 0.05) is 20.2 Å². The number of oxazole rings is 1. The zero-order chi connectivity index (χ0) is 11.8. The van der Waals surface area contributed by atoms with Crippen LogP contribution in [0.4, 0.5) is 0 Å². The number of methoxy groups -OCH3 is 1. The van der Waals surface area contributed by atoms with E-state index in [1.54, 1.807) is 7.11 Å². The van der Waals surface area contributed by atoms with Crippen LogP contribution in [0.3, 0.4) is 0 Å². The zero-order valence-electron chi connectivity index (χ0n) is 9.83. The minimum absolute atomic E-state index is 0.0362. The first kappa shape index (κ1) is 10.8. The van der Waals surface area contributed by atoms with Gasteiger partial charge < -0.3 is 14.1 Å². The highest BCUT2D eigenvalue weighted by molar-refractivity contribution is 5.91. The Morgan fingerprint density at radius 3 is 2.71 bits per heavy atom. The van der Waals surface area contributed by atoms with E-state index in [1.807, 2.05) is 4.90 Å². The normalized spacial score (nSPS) is 31.8. The molecule has 0 bridgehead atoms. The fourth-order valence-corrected chi connectivity index (χ4v) is 3.08. The third kappa shape index (κ3) is 1.84. The van der Waals surface area contributed by atoms with Crippen LogP contribution >= 0.6 is 0 Å². The summed E-state index contributed by atoms with van der Waals surface area (Å²) < 4.78 is 10.4. The van der Waals surface area contributed by atoms with Gasteiger partial charge in [-0.15, -0.1) is 0 Å². The molecule has 0 N–H and O–H groups in total. The first-order chi connectivity index (χ1) is 8.28. The number of rotatable bonds is 2. The smallest absolute Gasteiger partial charge is 0.291 e. The van der Waals surface area contributed by atoms with E-state index in [4.69, 9.17) is 9.15 Å². The number of carbonyl (C=O) groups is 1. The predicted molar refractivity (Wildman–Crippen MR) is 59.4 cm³/mol. The van der Waals surface area contributed by atoms with Gasteiger partial charge in [-0.25, -0.2) is 4.98 Å². The highest BCUT2D eigenvalue weighted by Crippen LogP contribution is 2.39. The van der Waals surface area contributed by atoms with E-state index >= 15 is 0 Å². The Bertz CT molecular complexity index is 390. The van der Waals surface area contributed by atoms with Crippen LogP contribution in [0.25, 0.3) is 0 Å².